The van der Waals surface area contributed by atoms with Gasteiger partial charge in [-0.05, 0) is 31.0 Å². The molecule has 1 heterocycles. The summed E-state index contributed by atoms with van der Waals surface area (Å²) in [5.41, 5.74) is 2.56. The number of H-pyrrole nitrogens is 1. The number of rotatable bonds is 6. The van der Waals surface area contributed by atoms with Crippen molar-refractivity contribution < 1.29 is 9.59 Å². The van der Waals surface area contributed by atoms with E-state index in [1.54, 1.807) is 6.92 Å². The van der Waals surface area contributed by atoms with E-state index >= 15 is 0 Å². The zero-order valence-electron chi connectivity index (χ0n) is 14.8. The molecule has 1 aromatic heterocycles. The van der Waals surface area contributed by atoms with E-state index in [9.17, 15) is 9.59 Å². The first-order valence-electron chi connectivity index (χ1n) is 8.69. The predicted octanol–water partition coefficient (Wildman–Crippen LogP) is 3.20. The van der Waals surface area contributed by atoms with Gasteiger partial charge in [0.15, 0.2) is 0 Å². The van der Waals surface area contributed by atoms with E-state index < -0.39 is 6.04 Å². The molecule has 0 saturated heterocycles. The highest BCUT2D eigenvalue weighted by Crippen LogP contribution is 2.19. The highest BCUT2D eigenvalue weighted by Gasteiger charge is 2.23. The Balaban J connectivity index is 1.63. The normalized spacial score (nSPS) is 13.2. The molecule has 0 aliphatic rings. The van der Waals surface area contributed by atoms with Crippen LogP contribution in [0.3, 0.4) is 0 Å². The highest BCUT2D eigenvalue weighted by molar-refractivity contribution is 5.97. The third-order valence-corrected chi connectivity index (χ3v) is 4.31. The standard InChI is InChI=1S/C20H22N4O2/c1-3-15(14-9-5-4-6-10-14)19(26)21-13(2)18(25)24-20-22-16-11-7-8-12-17(16)23-20/h4-13,15H,3H2,1-2H3,(H,21,26)(H2,22,23,24,25). The lowest BCUT2D eigenvalue weighted by Gasteiger charge is -2.19. The number of nitrogens with one attached hydrogen (secondary N) is 3. The maximum Gasteiger partial charge on any atom is 0.248 e. The lowest BCUT2D eigenvalue weighted by atomic mass is 9.95. The first-order chi connectivity index (χ1) is 12.6. The molecule has 0 radical (unpaired) electrons. The van der Waals surface area contributed by atoms with E-state index in [1.807, 2.05) is 61.5 Å². The number of benzene rings is 2. The summed E-state index contributed by atoms with van der Waals surface area (Å²) in [6.45, 7) is 3.62. The summed E-state index contributed by atoms with van der Waals surface area (Å²) in [6.07, 6.45) is 0.660. The first-order valence-corrected chi connectivity index (χ1v) is 8.69. The van der Waals surface area contributed by atoms with E-state index in [-0.39, 0.29) is 17.7 Å². The number of nitrogens with zero attached hydrogens (tertiary/aromatic N) is 1. The second-order valence-corrected chi connectivity index (χ2v) is 6.19. The quantitative estimate of drug-likeness (QED) is 0.638. The van der Waals surface area contributed by atoms with Crippen LogP contribution in [0.25, 0.3) is 11.0 Å². The minimum atomic E-state index is -0.673. The van der Waals surface area contributed by atoms with Gasteiger partial charge >= 0.3 is 0 Å². The topological polar surface area (TPSA) is 86.9 Å². The van der Waals surface area contributed by atoms with E-state index in [0.717, 1.165) is 16.6 Å². The molecule has 3 N–H and O–H groups in total. The summed E-state index contributed by atoms with van der Waals surface area (Å²) in [5, 5.41) is 5.50. The molecule has 0 spiro atoms. The monoisotopic (exact) mass is 350 g/mol. The van der Waals surface area contributed by atoms with Crippen LogP contribution in [-0.2, 0) is 9.59 Å². The number of fused-ring (bicyclic) bond motifs is 1. The molecule has 26 heavy (non-hydrogen) atoms. The van der Waals surface area contributed by atoms with Crippen molar-refractivity contribution in [2.75, 3.05) is 5.32 Å². The third kappa shape index (κ3) is 3.91. The molecule has 0 bridgehead atoms. The van der Waals surface area contributed by atoms with E-state index in [4.69, 9.17) is 0 Å². The molecule has 2 aromatic carbocycles. The Bertz CT molecular complexity index is 871. The Morgan fingerprint density at radius 3 is 2.42 bits per heavy atom. The van der Waals surface area contributed by atoms with Crippen molar-refractivity contribution in [3.63, 3.8) is 0 Å². The number of para-hydroxylation sites is 2. The zero-order valence-corrected chi connectivity index (χ0v) is 14.8. The van der Waals surface area contributed by atoms with Gasteiger partial charge in [0.1, 0.15) is 6.04 Å². The Morgan fingerprint density at radius 2 is 1.73 bits per heavy atom. The van der Waals surface area contributed by atoms with Gasteiger partial charge in [-0.15, -0.1) is 0 Å². The van der Waals surface area contributed by atoms with Crippen molar-refractivity contribution >= 4 is 28.8 Å². The molecule has 134 valence electrons. The van der Waals surface area contributed by atoms with Crippen LogP contribution < -0.4 is 10.6 Å². The molecule has 2 unspecified atom stereocenters. The molecule has 0 fully saturated rings. The number of carbonyl (C=O) groups excluding carboxylic acids is 2. The fraction of sp³-hybridized carbons (Fsp3) is 0.250. The van der Waals surface area contributed by atoms with Crippen LogP contribution >= 0.6 is 0 Å². The Kier molecular flexibility index (Phi) is 5.31. The molecule has 3 rings (SSSR count). The Hall–Kier alpha value is -3.15. The van der Waals surface area contributed by atoms with Crippen molar-refractivity contribution in [3.8, 4) is 0 Å². The van der Waals surface area contributed by atoms with Gasteiger partial charge in [0.25, 0.3) is 0 Å². The molecule has 6 heteroatoms. The van der Waals surface area contributed by atoms with Crippen molar-refractivity contribution in [1.82, 2.24) is 15.3 Å². The molecule has 3 aromatic rings. The summed E-state index contributed by atoms with van der Waals surface area (Å²) in [5.74, 6) is -0.392. The fourth-order valence-corrected chi connectivity index (χ4v) is 2.87. The van der Waals surface area contributed by atoms with Crippen LogP contribution in [0, 0.1) is 0 Å². The maximum absolute atomic E-state index is 12.6. The minimum absolute atomic E-state index is 0.161. The average Bonchev–Trinajstić information content (AvgIpc) is 3.05. The summed E-state index contributed by atoms with van der Waals surface area (Å²) in [4.78, 5) is 32.3. The number of imidazole rings is 1. The number of hydrogen-bond donors (Lipinski definition) is 3. The van der Waals surface area contributed by atoms with Crippen molar-refractivity contribution in [2.45, 2.75) is 32.2 Å². The summed E-state index contributed by atoms with van der Waals surface area (Å²) < 4.78 is 0. The smallest absolute Gasteiger partial charge is 0.248 e. The number of amides is 2. The SMILES string of the molecule is CCC(C(=O)NC(C)C(=O)Nc1nc2ccccc2[nH]1)c1ccccc1. The van der Waals surface area contributed by atoms with Gasteiger partial charge in [-0.25, -0.2) is 4.98 Å². The van der Waals surface area contributed by atoms with E-state index in [1.165, 1.54) is 0 Å². The summed E-state index contributed by atoms with van der Waals surface area (Å²) >= 11 is 0. The third-order valence-electron chi connectivity index (χ3n) is 4.31. The Morgan fingerprint density at radius 1 is 1.04 bits per heavy atom. The van der Waals surface area contributed by atoms with Crippen LogP contribution in [0.1, 0.15) is 31.7 Å². The van der Waals surface area contributed by atoms with Crippen LogP contribution in [0.5, 0.6) is 0 Å². The molecule has 0 aliphatic heterocycles. The largest absolute Gasteiger partial charge is 0.344 e. The van der Waals surface area contributed by atoms with Gasteiger partial charge in [0.05, 0.1) is 17.0 Å². The first kappa shape index (κ1) is 17.7. The van der Waals surface area contributed by atoms with Gasteiger partial charge < -0.3 is 10.3 Å². The van der Waals surface area contributed by atoms with Gasteiger partial charge in [0.2, 0.25) is 17.8 Å². The van der Waals surface area contributed by atoms with Crippen molar-refractivity contribution in [2.24, 2.45) is 0 Å². The lowest BCUT2D eigenvalue weighted by molar-refractivity contribution is -0.127. The van der Waals surface area contributed by atoms with E-state index in [2.05, 4.69) is 20.6 Å². The molecule has 0 saturated carbocycles. The van der Waals surface area contributed by atoms with Crippen LogP contribution in [-0.4, -0.2) is 27.8 Å². The van der Waals surface area contributed by atoms with E-state index in [0.29, 0.717) is 12.4 Å². The molecule has 2 atom stereocenters. The van der Waals surface area contributed by atoms with Gasteiger partial charge in [-0.2, -0.15) is 0 Å². The number of hydrogen-bond acceptors (Lipinski definition) is 3. The van der Waals surface area contributed by atoms with Crippen molar-refractivity contribution in [1.29, 1.82) is 0 Å². The molecule has 2 amide bonds. The van der Waals surface area contributed by atoms with Crippen LogP contribution in [0.4, 0.5) is 5.95 Å². The highest BCUT2D eigenvalue weighted by atomic mass is 16.2. The molecular weight excluding hydrogens is 328 g/mol. The van der Waals surface area contributed by atoms with Crippen molar-refractivity contribution in [3.05, 3.63) is 60.2 Å². The summed E-state index contributed by atoms with van der Waals surface area (Å²) in [7, 11) is 0. The average molecular weight is 350 g/mol. The lowest BCUT2D eigenvalue weighted by Crippen LogP contribution is -2.43. The van der Waals surface area contributed by atoms with Crippen LogP contribution in [0.2, 0.25) is 0 Å². The number of aromatic amines is 1. The van der Waals surface area contributed by atoms with Gasteiger partial charge in [-0.1, -0.05) is 49.4 Å². The fourth-order valence-electron chi connectivity index (χ4n) is 2.87. The number of aromatic nitrogens is 2. The Labute approximate surface area is 152 Å². The number of carbonyl (C=O) groups is 2. The van der Waals surface area contributed by atoms with Crippen LogP contribution in [0.15, 0.2) is 54.6 Å². The van der Waals surface area contributed by atoms with Gasteiger partial charge in [0, 0.05) is 0 Å². The minimum Gasteiger partial charge on any atom is -0.344 e. The zero-order chi connectivity index (χ0) is 18.5. The second-order valence-electron chi connectivity index (χ2n) is 6.19. The van der Waals surface area contributed by atoms with Gasteiger partial charge in [-0.3, -0.25) is 14.9 Å². The molecule has 6 nitrogen and oxygen atoms in total. The molecule has 0 aliphatic carbocycles. The predicted molar refractivity (Wildman–Crippen MR) is 102 cm³/mol. The number of anilines is 1. The maximum atomic E-state index is 12.6. The molecular formula is C20H22N4O2. The summed E-state index contributed by atoms with van der Waals surface area (Å²) in [6, 6.07) is 16.4. The second kappa shape index (κ2) is 7.82.